The van der Waals surface area contributed by atoms with Crippen LogP contribution in [0.1, 0.15) is 22.3 Å². The maximum Gasteiger partial charge on any atom is -0.00195 e. The zero-order chi connectivity index (χ0) is 41.4. The van der Waals surface area contributed by atoms with Gasteiger partial charge in [-0.15, -0.1) is 0 Å². The Kier molecular flexibility index (Phi) is 7.38. The van der Waals surface area contributed by atoms with E-state index in [-0.39, 0.29) is 0 Å². The third-order valence-electron chi connectivity index (χ3n) is 13.9. The van der Waals surface area contributed by atoms with Gasteiger partial charge in [0.25, 0.3) is 0 Å². The van der Waals surface area contributed by atoms with Crippen LogP contribution in [-0.4, -0.2) is 0 Å². The molecule has 0 fully saturated rings. The van der Waals surface area contributed by atoms with Gasteiger partial charge in [0.15, 0.2) is 0 Å². The van der Waals surface area contributed by atoms with Crippen LogP contribution in [0.3, 0.4) is 0 Å². The number of rotatable bonds is 4. The van der Waals surface area contributed by atoms with Crippen molar-refractivity contribution in [2.24, 2.45) is 0 Å². The van der Waals surface area contributed by atoms with Crippen LogP contribution in [0, 0.1) is 27.7 Å². The molecule has 62 heavy (non-hydrogen) atoms. The Hall–Kier alpha value is -7.54. The lowest BCUT2D eigenvalue weighted by Crippen LogP contribution is -1.87. The summed E-state index contributed by atoms with van der Waals surface area (Å²) in [5.74, 6) is 0. The highest BCUT2D eigenvalue weighted by Gasteiger charge is 2.22. The Balaban J connectivity index is 1.17. The highest BCUT2D eigenvalue weighted by atomic mass is 14.2. The maximum absolute atomic E-state index is 2.52. The minimum Gasteiger partial charge on any atom is -0.0614 e. The van der Waals surface area contributed by atoms with E-state index in [1.54, 1.807) is 0 Å². The van der Waals surface area contributed by atoms with Gasteiger partial charge >= 0.3 is 0 Å². The van der Waals surface area contributed by atoms with Crippen molar-refractivity contribution in [1.29, 1.82) is 0 Å². The summed E-state index contributed by atoms with van der Waals surface area (Å²) >= 11 is 0. The van der Waals surface area contributed by atoms with Crippen LogP contribution < -0.4 is 0 Å². The summed E-state index contributed by atoms with van der Waals surface area (Å²) < 4.78 is 0. The van der Waals surface area contributed by atoms with E-state index in [9.17, 15) is 0 Å². The minimum absolute atomic E-state index is 1.25. The molecular formula is C62H42. The molecule has 13 aromatic rings. The van der Waals surface area contributed by atoms with Crippen LogP contribution in [0.5, 0.6) is 0 Å². The molecule has 0 heterocycles. The Bertz CT molecular complexity index is 3750. The van der Waals surface area contributed by atoms with Crippen molar-refractivity contribution in [2.45, 2.75) is 27.7 Å². The molecular weight excluding hydrogens is 745 g/mol. The van der Waals surface area contributed by atoms with Crippen molar-refractivity contribution in [3.05, 3.63) is 204 Å². The molecule has 0 atom stereocenters. The average molecular weight is 787 g/mol. The standard InChI is InChI=1S/C62H42/c1-35-9-5-13-39(23-35)43-17-19-47-51(27-43)57-31-45(41-15-7-11-37(3)25-41)29-55-49-21-22-50-54(53(49)33-59(47)61(55)57)34-60-48-20-18-44(40-14-6-10-36(2)24-40)28-52(48)58-32-46(30-56(50)62(58)60)42-16-8-12-38(4)26-42/h5-34H,1-4H3. The average Bonchev–Trinajstić information content (AvgIpc) is 3.78. The van der Waals surface area contributed by atoms with E-state index in [2.05, 4.69) is 210 Å². The maximum atomic E-state index is 2.52. The Morgan fingerprint density at radius 3 is 0.758 bits per heavy atom. The fourth-order valence-electron chi connectivity index (χ4n) is 11.0. The summed E-state index contributed by atoms with van der Waals surface area (Å²) in [6.45, 7) is 8.74. The minimum atomic E-state index is 1.25. The van der Waals surface area contributed by atoms with Crippen molar-refractivity contribution in [1.82, 2.24) is 0 Å². The zero-order valence-corrected chi connectivity index (χ0v) is 35.3. The van der Waals surface area contributed by atoms with Crippen LogP contribution in [0.2, 0.25) is 0 Å². The van der Waals surface area contributed by atoms with Crippen LogP contribution in [0.15, 0.2) is 182 Å². The molecule has 13 aromatic carbocycles. The molecule has 0 spiro atoms. The van der Waals surface area contributed by atoms with Gasteiger partial charge in [-0.3, -0.25) is 0 Å². The second-order valence-corrected chi connectivity index (χ2v) is 18.0. The molecule has 0 aliphatic rings. The fraction of sp³-hybridized carbons (Fsp3) is 0.0645. The van der Waals surface area contributed by atoms with Crippen molar-refractivity contribution in [2.75, 3.05) is 0 Å². The smallest absolute Gasteiger partial charge is 0.00195 e. The lowest BCUT2D eigenvalue weighted by Gasteiger charge is -2.14. The van der Waals surface area contributed by atoms with Crippen molar-refractivity contribution in [3.63, 3.8) is 0 Å². The van der Waals surface area contributed by atoms with Crippen molar-refractivity contribution in [3.8, 4) is 44.5 Å². The van der Waals surface area contributed by atoms with Gasteiger partial charge in [0.05, 0.1) is 0 Å². The number of hydrogen-bond acceptors (Lipinski definition) is 0. The van der Waals surface area contributed by atoms with E-state index in [1.165, 1.54) is 153 Å². The normalized spacial score (nSPS) is 12.2. The topological polar surface area (TPSA) is 0 Å². The van der Waals surface area contributed by atoms with E-state index in [1.807, 2.05) is 0 Å². The highest BCUT2D eigenvalue weighted by molar-refractivity contribution is 6.41. The molecule has 0 radical (unpaired) electrons. The van der Waals surface area contributed by atoms with E-state index in [0.717, 1.165) is 0 Å². The first-order valence-electron chi connectivity index (χ1n) is 21.9. The van der Waals surface area contributed by atoms with E-state index >= 15 is 0 Å². The second kappa shape index (κ2) is 13.0. The Labute approximate surface area is 361 Å². The SMILES string of the molecule is Cc1cccc(-c2ccc3c(c2)c2cc(-c4cccc(C)c4)cc4c5ccc6c(cc7c8ccc(-c9cccc(C)c9)cc8c8cc(-c9cccc(C)c9)cc6c87)c5cc3c42)c1. The van der Waals surface area contributed by atoms with Crippen LogP contribution >= 0.6 is 0 Å². The molecule has 0 bridgehead atoms. The van der Waals surface area contributed by atoms with Gasteiger partial charge < -0.3 is 0 Å². The molecule has 0 saturated heterocycles. The molecule has 0 heteroatoms. The van der Waals surface area contributed by atoms with Crippen molar-refractivity contribution < 1.29 is 0 Å². The van der Waals surface area contributed by atoms with Gasteiger partial charge in [0, 0.05) is 0 Å². The second-order valence-electron chi connectivity index (χ2n) is 18.0. The number of hydrogen-bond donors (Lipinski definition) is 0. The first-order valence-corrected chi connectivity index (χ1v) is 21.9. The summed E-state index contributed by atoms with van der Waals surface area (Å²) in [5, 5.41) is 21.1. The van der Waals surface area contributed by atoms with Gasteiger partial charge in [0.2, 0.25) is 0 Å². The molecule has 0 aliphatic heterocycles. The zero-order valence-electron chi connectivity index (χ0n) is 35.3. The molecule has 0 N–H and O–H groups in total. The summed E-state index contributed by atoms with van der Waals surface area (Å²) in [7, 11) is 0. The largest absolute Gasteiger partial charge is 0.0614 e. The van der Waals surface area contributed by atoms with Gasteiger partial charge in [-0.1, -0.05) is 156 Å². The Morgan fingerprint density at radius 1 is 0.177 bits per heavy atom. The number of benzene rings is 11. The van der Waals surface area contributed by atoms with Crippen LogP contribution in [0.25, 0.3) is 131 Å². The third kappa shape index (κ3) is 5.20. The van der Waals surface area contributed by atoms with E-state index in [0.29, 0.717) is 0 Å². The summed E-state index contributed by atoms with van der Waals surface area (Å²) in [5.41, 5.74) is 15.1. The molecule has 0 saturated carbocycles. The lowest BCUT2D eigenvalue weighted by molar-refractivity contribution is 1.47. The molecule has 0 amide bonds. The molecule has 13 rings (SSSR count). The molecule has 290 valence electrons. The van der Waals surface area contributed by atoms with E-state index < -0.39 is 0 Å². The monoisotopic (exact) mass is 786 g/mol. The first kappa shape index (κ1) is 35.2. The van der Waals surface area contributed by atoms with Gasteiger partial charge in [-0.25, -0.2) is 0 Å². The fourth-order valence-corrected chi connectivity index (χ4v) is 11.0. The third-order valence-corrected chi connectivity index (χ3v) is 13.9. The van der Waals surface area contributed by atoms with Crippen molar-refractivity contribution >= 4 is 86.2 Å². The molecule has 0 unspecified atom stereocenters. The summed E-state index contributed by atoms with van der Waals surface area (Å²) in [6.07, 6.45) is 0. The summed E-state index contributed by atoms with van der Waals surface area (Å²) in [4.78, 5) is 0. The lowest BCUT2D eigenvalue weighted by atomic mass is 9.89. The number of aryl methyl sites for hydroxylation is 4. The van der Waals surface area contributed by atoms with Crippen LogP contribution in [0.4, 0.5) is 0 Å². The number of fused-ring (bicyclic) bond motifs is 11. The molecule has 0 aromatic heterocycles. The predicted molar refractivity (Wildman–Crippen MR) is 270 cm³/mol. The van der Waals surface area contributed by atoms with E-state index in [4.69, 9.17) is 0 Å². The molecule has 0 aliphatic carbocycles. The summed E-state index contributed by atoms with van der Waals surface area (Å²) in [6, 6.07) is 69.7. The Morgan fingerprint density at radius 2 is 0.419 bits per heavy atom. The predicted octanol–water partition coefficient (Wildman–Crippen LogP) is 17.7. The van der Waals surface area contributed by atoms with Crippen LogP contribution in [-0.2, 0) is 0 Å². The van der Waals surface area contributed by atoms with Gasteiger partial charge in [-0.2, -0.15) is 0 Å². The highest BCUT2D eigenvalue weighted by Crippen LogP contribution is 2.50. The first-order chi connectivity index (χ1) is 30.3. The molecule has 0 nitrogen and oxygen atoms in total. The quantitative estimate of drug-likeness (QED) is 0.156. The van der Waals surface area contributed by atoms with Gasteiger partial charge in [0.1, 0.15) is 0 Å². The van der Waals surface area contributed by atoms with Gasteiger partial charge in [-0.05, 0) is 207 Å².